The Balaban J connectivity index is 1.55. The van der Waals surface area contributed by atoms with Crippen molar-refractivity contribution < 1.29 is 13.2 Å². The fourth-order valence-corrected chi connectivity index (χ4v) is 4.06. The van der Waals surface area contributed by atoms with Crippen molar-refractivity contribution in [1.29, 1.82) is 5.26 Å². The van der Waals surface area contributed by atoms with Gasteiger partial charge in [0.1, 0.15) is 16.6 Å². The minimum absolute atomic E-state index is 0.0486. The average molecular weight is 482 g/mol. The van der Waals surface area contributed by atoms with E-state index in [2.05, 4.69) is 10.3 Å². The van der Waals surface area contributed by atoms with Crippen LogP contribution in [0.1, 0.15) is 10.6 Å². The van der Waals surface area contributed by atoms with Crippen LogP contribution in [0, 0.1) is 11.3 Å². The lowest BCUT2D eigenvalue weighted by Gasteiger charge is -2.10. The van der Waals surface area contributed by atoms with Gasteiger partial charge in [0, 0.05) is 17.1 Å². The molecule has 1 aromatic heterocycles. The van der Waals surface area contributed by atoms with E-state index in [4.69, 9.17) is 11.6 Å². The van der Waals surface area contributed by atoms with E-state index in [1.807, 2.05) is 66.0 Å². The second-order valence-corrected chi connectivity index (χ2v) is 8.25. The zero-order valence-electron chi connectivity index (χ0n) is 16.9. The zero-order chi connectivity index (χ0) is 23.4. The highest BCUT2D eigenvalue weighted by Crippen LogP contribution is 2.34. The fourth-order valence-electron chi connectivity index (χ4n) is 3.10. The smallest absolute Gasteiger partial charge is 0.359 e. The van der Waals surface area contributed by atoms with Crippen LogP contribution in [0.25, 0.3) is 28.0 Å². The van der Waals surface area contributed by atoms with Gasteiger partial charge in [-0.3, -0.25) is 0 Å². The van der Waals surface area contributed by atoms with Crippen LogP contribution < -0.4 is 5.32 Å². The molecule has 0 saturated heterocycles. The third kappa shape index (κ3) is 5.25. The van der Waals surface area contributed by atoms with E-state index < -0.39 is 11.7 Å². The SMILES string of the molecule is N#CC(=CNc1cc(C(F)(F)F)ccc1Cl)c1nc(-c2ccc(-c3ccccc3)cc2)cs1. The van der Waals surface area contributed by atoms with Crippen molar-refractivity contribution >= 4 is 34.2 Å². The highest BCUT2D eigenvalue weighted by molar-refractivity contribution is 7.11. The first-order valence-electron chi connectivity index (χ1n) is 9.70. The second kappa shape index (κ2) is 9.49. The van der Waals surface area contributed by atoms with E-state index in [1.54, 1.807) is 0 Å². The maximum atomic E-state index is 13.0. The Hall–Kier alpha value is -3.60. The molecule has 4 rings (SSSR count). The fraction of sp³-hybridized carbons (Fsp3) is 0.0400. The number of hydrogen-bond donors (Lipinski definition) is 1. The van der Waals surface area contributed by atoms with E-state index >= 15 is 0 Å². The molecular formula is C25H15ClF3N3S. The molecule has 1 heterocycles. The van der Waals surface area contributed by atoms with Crippen molar-refractivity contribution in [2.75, 3.05) is 5.32 Å². The molecule has 0 aliphatic carbocycles. The third-order valence-corrected chi connectivity index (χ3v) is 6.01. The quantitative estimate of drug-likeness (QED) is 0.293. The van der Waals surface area contributed by atoms with Gasteiger partial charge < -0.3 is 5.32 Å². The number of halogens is 4. The van der Waals surface area contributed by atoms with Crippen LogP contribution in [0.4, 0.5) is 18.9 Å². The summed E-state index contributed by atoms with van der Waals surface area (Å²) in [4.78, 5) is 4.52. The number of anilines is 1. The summed E-state index contributed by atoms with van der Waals surface area (Å²) in [5.74, 6) is 0. The summed E-state index contributed by atoms with van der Waals surface area (Å²) in [6, 6.07) is 22.9. The van der Waals surface area contributed by atoms with Crippen molar-refractivity contribution in [3.05, 3.63) is 100.0 Å². The van der Waals surface area contributed by atoms with Gasteiger partial charge in [0.2, 0.25) is 0 Å². The Morgan fingerprint density at radius 1 is 0.970 bits per heavy atom. The standard InChI is InChI=1S/C25H15ClF3N3S/c26-21-11-10-20(25(27,28)29)12-22(21)31-14-19(13-30)24-32-23(15-33-24)18-8-6-17(7-9-18)16-4-2-1-3-5-16/h1-12,14-15,31H. The predicted molar refractivity (Wildman–Crippen MR) is 127 cm³/mol. The molecule has 3 aromatic carbocycles. The van der Waals surface area contributed by atoms with E-state index in [-0.39, 0.29) is 16.3 Å². The number of nitrogens with zero attached hydrogens (tertiary/aromatic N) is 2. The first-order valence-corrected chi connectivity index (χ1v) is 11.0. The minimum Gasteiger partial charge on any atom is -0.359 e. The van der Waals surface area contributed by atoms with Gasteiger partial charge in [-0.1, -0.05) is 66.2 Å². The Labute approximate surface area is 197 Å². The lowest BCUT2D eigenvalue weighted by molar-refractivity contribution is -0.137. The number of thiazole rings is 1. The summed E-state index contributed by atoms with van der Waals surface area (Å²) in [6.07, 6.45) is -3.19. The van der Waals surface area contributed by atoms with Gasteiger partial charge in [0.05, 0.1) is 22.0 Å². The molecule has 0 amide bonds. The molecule has 0 radical (unpaired) electrons. The molecular weight excluding hydrogens is 467 g/mol. The molecule has 33 heavy (non-hydrogen) atoms. The first kappa shape index (κ1) is 22.6. The molecule has 0 atom stereocenters. The van der Waals surface area contributed by atoms with Gasteiger partial charge in [0.25, 0.3) is 0 Å². The maximum absolute atomic E-state index is 13.0. The molecule has 4 aromatic rings. The summed E-state index contributed by atoms with van der Waals surface area (Å²) in [5, 5.41) is 14.6. The van der Waals surface area contributed by atoms with Gasteiger partial charge in [-0.05, 0) is 29.3 Å². The van der Waals surface area contributed by atoms with Crippen molar-refractivity contribution in [3.8, 4) is 28.5 Å². The Morgan fingerprint density at radius 3 is 2.30 bits per heavy atom. The van der Waals surface area contributed by atoms with Gasteiger partial charge in [-0.2, -0.15) is 18.4 Å². The molecule has 0 fully saturated rings. The normalized spacial score (nSPS) is 11.8. The second-order valence-electron chi connectivity index (χ2n) is 6.99. The molecule has 0 bridgehead atoms. The highest BCUT2D eigenvalue weighted by atomic mass is 35.5. The summed E-state index contributed by atoms with van der Waals surface area (Å²) in [7, 11) is 0. The molecule has 0 aliphatic heterocycles. The van der Waals surface area contributed by atoms with Crippen molar-refractivity contribution in [2.45, 2.75) is 6.18 Å². The summed E-state index contributed by atoms with van der Waals surface area (Å²) in [6.45, 7) is 0. The number of allylic oxidation sites excluding steroid dienone is 1. The molecule has 8 heteroatoms. The summed E-state index contributed by atoms with van der Waals surface area (Å²) >= 11 is 7.27. The highest BCUT2D eigenvalue weighted by Gasteiger charge is 2.30. The largest absolute Gasteiger partial charge is 0.416 e. The average Bonchev–Trinajstić information content (AvgIpc) is 3.30. The van der Waals surface area contributed by atoms with Crippen LogP contribution in [0.2, 0.25) is 5.02 Å². The number of alkyl halides is 3. The molecule has 0 unspecified atom stereocenters. The van der Waals surface area contributed by atoms with Crippen LogP contribution in [0.3, 0.4) is 0 Å². The number of nitriles is 1. The van der Waals surface area contributed by atoms with Crippen molar-refractivity contribution in [2.24, 2.45) is 0 Å². The molecule has 0 spiro atoms. The minimum atomic E-state index is -4.50. The van der Waals surface area contributed by atoms with Crippen LogP contribution >= 0.6 is 22.9 Å². The van der Waals surface area contributed by atoms with E-state index in [0.29, 0.717) is 10.7 Å². The van der Waals surface area contributed by atoms with Gasteiger partial charge in [-0.15, -0.1) is 11.3 Å². The lowest BCUT2D eigenvalue weighted by Crippen LogP contribution is -2.05. The Kier molecular flexibility index (Phi) is 6.50. The van der Waals surface area contributed by atoms with E-state index in [0.717, 1.165) is 34.9 Å². The first-order chi connectivity index (χ1) is 15.8. The topological polar surface area (TPSA) is 48.7 Å². The number of nitrogens with one attached hydrogen (secondary N) is 1. The molecule has 0 aliphatic rings. The molecule has 1 N–H and O–H groups in total. The lowest BCUT2D eigenvalue weighted by atomic mass is 10.0. The van der Waals surface area contributed by atoms with Crippen LogP contribution in [-0.4, -0.2) is 4.98 Å². The van der Waals surface area contributed by atoms with Crippen molar-refractivity contribution in [3.63, 3.8) is 0 Å². The number of aromatic nitrogens is 1. The van der Waals surface area contributed by atoms with Gasteiger partial charge in [-0.25, -0.2) is 4.98 Å². The van der Waals surface area contributed by atoms with Crippen LogP contribution in [0.5, 0.6) is 0 Å². The van der Waals surface area contributed by atoms with E-state index in [9.17, 15) is 18.4 Å². The zero-order valence-corrected chi connectivity index (χ0v) is 18.5. The number of hydrogen-bond acceptors (Lipinski definition) is 4. The van der Waals surface area contributed by atoms with Crippen LogP contribution in [0.15, 0.2) is 84.4 Å². The number of rotatable bonds is 5. The van der Waals surface area contributed by atoms with Gasteiger partial charge in [0.15, 0.2) is 0 Å². The number of benzene rings is 3. The van der Waals surface area contributed by atoms with E-state index in [1.165, 1.54) is 17.5 Å². The summed E-state index contributed by atoms with van der Waals surface area (Å²) < 4.78 is 38.9. The predicted octanol–water partition coefficient (Wildman–Crippen LogP) is 8.13. The third-order valence-electron chi connectivity index (χ3n) is 4.81. The monoisotopic (exact) mass is 481 g/mol. The molecule has 0 saturated carbocycles. The maximum Gasteiger partial charge on any atom is 0.416 e. The molecule has 164 valence electrons. The van der Waals surface area contributed by atoms with Gasteiger partial charge >= 0.3 is 6.18 Å². The molecule has 3 nitrogen and oxygen atoms in total. The van der Waals surface area contributed by atoms with Crippen LogP contribution in [-0.2, 0) is 6.18 Å². The Bertz CT molecular complexity index is 1340. The summed E-state index contributed by atoms with van der Waals surface area (Å²) in [5.41, 5.74) is 3.17. The van der Waals surface area contributed by atoms with Crippen molar-refractivity contribution in [1.82, 2.24) is 4.98 Å². The Morgan fingerprint density at radius 2 is 1.64 bits per heavy atom.